The molecule has 0 amide bonds. The van der Waals surface area contributed by atoms with Crippen LogP contribution in [0.15, 0.2) is 6.20 Å². The van der Waals surface area contributed by atoms with E-state index in [1.54, 1.807) is 0 Å². The van der Waals surface area contributed by atoms with E-state index in [1.807, 2.05) is 4.90 Å². The lowest BCUT2D eigenvalue weighted by atomic mass is 10.1. The number of nitrogen functional groups attached to an aromatic ring is 1. The van der Waals surface area contributed by atoms with Gasteiger partial charge < -0.3 is 10.6 Å². The van der Waals surface area contributed by atoms with Gasteiger partial charge in [-0.25, -0.2) is 4.98 Å². The smallest absolute Gasteiger partial charge is 0.329 e. The summed E-state index contributed by atoms with van der Waals surface area (Å²) in [6, 6.07) is 0. The summed E-state index contributed by atoms with van der Waals surface area (Å²) in [6.07, 6.45) is 4.39. The van der Waals surface area contributed by atoms with Crippen LogP contribution in [0.3, 0.4) is 0 Å². The highest BCUT2D eigenvalue weighted by Gasteiger charge is 2.23. The van der Waals surface area contributed by atoms with E-state index in [4.69, 9.17) is 5.73 Å². The van der Waals surface area contributed by atoms with E-state index in [0.717, 1.165) is 32.4 Å². The predicted octanol–water partition coefficient (Wildman–Crippen LogP) is 0.957. The monoisotopic (exact) mass is 223 g/mol. The first kappa shape index (κ1) is 10.6. The van der Waals surface area contributed by atoms with Crippen molar-refractivity contribution in [1.82, 2.24) is 9.97 Å². The van der Waals surface area contributed by atoms with Crippen LogP contribution in [0.2, 0.25) is 0 Å². The van der Waals surface area contributed by atoms with Crippen molar-refractivity contribution < 1.29 is 4.92 Å². The Bertz CT molecular complexity index is 403. The Hall–Kier alpha value is -1.92. The summed E-state index contributed by atoms with van der Waals surface area (Å²) < 4.78 is 0. The second-order valence-electron chi connectivity index (χ2n) is 3.74. The summed E-state index contributed by atoms with van der Waals surface area (Å²) in [6.45, 7) is 1.58. The van der Waals surface area contributed by atoms with Gasteiger partial charge in [0.25, 0.3) is 0 Å². The Morgan fingerprint density at radius 2 is 2.06 bits per heavy atom. The lowest BCUT2D eigenvalue weighted by molar-refractivity contribution is -0.384. The van der Waals surface area contributed by atoms with E-state index in [-0.39, 0.29) is 11.6 Å². The Labute approximate surface area is 92.4 Å². The van der Waals surface area contributed by atoms with Crippen molar-refractivity contribution in [2.24, 2.45) is 0 Å². The molecule has 1 aliphatic heterocycles. The molecule has 1 aromatic heterocycles. The number of hydrogen-bond acceptors (Lipinski definition) is 6. The topological polar surface area (TPSA) is 98.2 Å². The molecule has 2 N–H and O–H groups in total. The highest BCUT2D eigenvalue weighted by atomic mass is 16.6. The molecule has 0 aromatic carbocycles. The molecule has 0 atom stereocenters. The number of hydrogen-bond donors (Lipinski definition) is 1. The number of piperidine rings is 1. The van der Waals surface area contributed by atoms with Gasteiger partial charge in [0.2, 0.25) is 11.8 Å². The molecule has 1 saturated heterocycles. The minimum Gasteiger partial charge on any atom is -0.368 e. The maximum absolute atomic E-state index is 10.8. The second kappa shape index (κ2) is 4.30. The fourth-order valence-corrected chi connectivity index (χ4v) is 1.85. The van der Waals surface area contributed by atoms with Gasteiger partial charge in [0.05, 0.1) is 4.92 Å². The van der Waals surface area contributed by atoms with Crippen LogP contribution in [0.25, 0.3) is 0 Å². The standard InChI is InChI=1S/C9H13N5O2/c10-9-11-6-7(14(15)16)8(12-9)13-4-2-1-3-5-13/h6H,1-5H2,(H2,10,11,12). The quantitative estimate of drug-likeness (QED) is 0.592. The third-order valence-electron chi connectivity index (χ3n) is 2.62. The van der Waals surface area contributed by atoms with Crippen molar-refractivity contribution in [3.8, 4) is 0 Å². The van der Waals surface area contributed by atoms with Crippen molar-refractivity contribution in [3.63, 3.8) is 0 Å². The molecule has 0 aliphatic carbocycles. The van der Waals surface area contributed by atoms with Gasteiger partial charge in [-0.3, -0.25) is 10.1 Å². The lowest BCUT2D eigenvalue weighted by Gasteiger charge is -2.27. The Kier molecular flexibility index (Phi) is 2.84. The van der Waals surface area contributed by atoms with Crippen LogP contribution < -0.4 is 10.6 Å². The average molecular weight is 223 g/mol. The summed E-state index contributed by atoms with van der Waals surface area (Å²) in [4.78, 5) is 19.9. The molecular formula is C9H13N5O2. The fourth-order valence-electron chi connectivity index (χ4n) is 1.85. The molecule has 16 heavy (non-hydrogen) atoms. The first-order chi connectivity index (χ1) is 7.68. The molecular weight excluding hydrogens is 210 g/mol. The van der Waals surface area contributed by atoms with E-state index < -0.39 is 4.92 Å². The van der Waals surface area contributed by atoms with Crippen molar-refractivity contribution >= 4 is 17.5 Å². The molecule has 1 aromatic rings. The minimum atomic E-state index is -0.469. The van der Waals surface area contributed by atoms with E-state index in [9.17, 15) is 10.1 Å². The minimum absolute atomic E-state index is 0.0731. The summed E-state index contributed by atoms with van der Waals surface area (Å²) in [5.74, 6) is 0.420. The molecule has 2 heterocycles. The van der Waals surface area contributed by atoms with Crippen LogP contribution in [-0.2, 0) is 0 Å². The predicted molar refractivity (Wildman–Crippen MR) is 59.2 cm³/mol. The zero-order valence-electron chi connectivity index (χ0n) is 8.80. The maximum atomic E-state index is 10.8. The SMILES string of the molecule is Nc1ncc([N+](=O)[O-])c(N2CCCCC2)n1. The van der Waals surface area contributed by atoms with Crippen molar-refractivity contribution in [3.05, 3.63) is 16.3 Å². The van der Waals surface area contributed by atoms with Crippen molar-refractivity contribution in [2.75, 3.05) is 23.7 Å². The van der Waals surface area contributed by atoms with Crippen LogP contribution >= 0.6 is 0 Å². The number of rotatable bonds is 2. The summed E-state index contributed by atoms with van der Waals surface area (Å²) in [5.41, 5.74) is 5.39. The van der Waals surface area contributed by atoms with Crippen LogP contribution in [-0.4, -0.2) is 28.0 Å². The van der Waals surface area contributed by atoms with Crippen molar-refractivity contribution in [1.29, 1.82) is 0 Å². The van der Waals surface area contributed by atoms with Crippen LogP contribution in [0.4, 0.5) is 17.5 Å². The Morgan fingerprint density at radius 1 is 1.38 bits per heavy atom. The molecule has 1 aliphatic rings. The maximum Gasteiger partial charge on any atom is 0.329 e. The fraction of sp³-hybridized carbons (Fsp3) is 0.556. The number of nitrogens with two attached hydrogens (primary N) is 1. The van der Waals surface area contributed by atoms with Crippen molar-refractivity contribution in [2.45, 2.75) is 19.3 Å². The highest BCUT2D eigenvalue weighted by Crippen LogP contribution is 2.27. The average Bonchev–Trinajstić information content (AvgIpc) is 2.29. The van der Waals surface area contributed by atoms with Gasteiger partial charge in [0, 0.05) is 13.1 Å². The summed E-state index contributed by atoms with van der Waals surface area (Å²) in [5, 5.41) is 10.8. The number of nitro groups is 1. The number of anilines is 2. The van der Waals surface area contributed by atoms with Gasteiger partial charge in [0.15, 0.2) is 0 Å². The third kappa shape index (κ3) is 2.02. The second-order valence-corrected chi connectivity index (χ2v) is 3.74. The van der Waals surface area contributed by atoms with Gasteiger partial charge in [-0.1, -0.05) is 0 Å². The Morgan fingerprint density at radius 3 is 2.69 bits per heavy atom. The van der Waals surface area contributed by atoms with E-state index in [2.05, 4.69) is 9.97 Å². The highest BCUT2D eigenvalue weighted by molar-refractivity contribution is 5.58. The zero-order valence-corrected chi connectivity index (χ0v) is 8.80. The van der Waals surface area contributed by atoms with E-state index in [0.29, 0.717) is 5.82 Å². The van der Waals surface area contributed by atoms with Gasteiger partial charge in [-0.15, -0.1) is 0 Å². The van der Waals surface area contributed by atoms with Crippen LogP contribution in [0.5, 0.6) is 0 Å². The zero-order chi connectivity index (χ0) is 11.5. The largest absolute Gasteiger partial charge is 0.368 e. The van der Waals surface area contributed by atoms with Gasteiger partial charge in [-0.05, 0) is 19.3 Å². The molecule has 0 bridgehead atoms. The molecule has 2 rings (SSSR count). The van der Waals surface area contributed by atoms with Crippen LogP contribution in [0, 0.1) is 10.1 Å². The van der Waals surface area contributed by atoms with Gasteiger partial charge in [0.1, 0.15) is 6.20 Å². The molecule has 86 valence electrons. The summed E-state index contributed by atoms with van der Waals surface area (Å²) in [7, 11) is 0. The van der Waals surface area contributed by atoms with Crippen LogP contribution in [0.1, 0.15) is 19.3 Å². The molecule has 0 saturated carbocycles. The third-order valence-corrected chi connectivity index (χ3v) is 2.62. The summed E-state index contributed by atoms with van der Waals surface area (Å²) >= 11 is 0. The first-order valence-corrected chi connectivity index (χ1v) is 5.20. The van der Waals surface area contributed by atoms with Gasteiger partial charge >= 0.3 is 5.69 Å². The molecule has 0 unspecified atom stereocenters. The molecule has 7 heteroatoms. The van der Waals surface area contributed by atoms with Gasteiger partial charge in [-0.2, -0.15) is 4.98 Å². The normalized spacial score (nSPS) is 16.1. The Balaban J connectivity index is 2.36. The van der Waals surface area contributed by atoms with E-state index in [1.165, 1.54) is 6.20 Å². The number of nitrogens with zero attached hydrogens (tertiary/aromatic N) is 4. The molecule has 1 fully saturated rings. The molecule has 0 radical (unpaired) electrons. The molecule has 7 nitrogen and oxygen atoms in total. The molecule has 0 spiro atoms. The lowest BCUT2D eigenvalue weighted by Crippen LogP contribution is -2.31. The van der Waals surface area contributed by atoms with E-state index >= 15 is 0 Å². The number of aromatic nitrogens is 2. The first-order valence-electron chi connectivity index (χ1n) is 5.20.